The largest absolute Gasteiger partial charge is 0.508 e. The van der Waals surface area contributed by atoms with Crippen molar-refractivity contribution in [1.82, 2.24) is 0 Å². The minimum Gasteiger partial charge on any atom is -0.508 e. The summed E-state index contributed by atoms with van der Waals surface area (Å²) < 4.78 is 0. The molecular formula is C29H52N2OS. The van der Waals surface area contributed by atoms with Gasteiger partial charge < -0.3 is 10.8 Å². The Kier molecular flexibility index (Phi) is 49.6. The Labute approximate surface area is 211 Å². The highest BCUT2D eigenvalue weighted by atomic mass is 32.2. The third-order valence-electron chi connectivity index (χ3n) is 3.12. The van der Waals surface area contributed by atoms with Crippen molar-refractivity contribution in [3.63, 3.8) is 0 Å². The zero-order valence-corrected chi connectivity index (χ0v) is 23.8. The van der Waals surface area contributed by atoms with Crippen LogP contribution in [-0.4, -0.2) is 23.7 Å². The number of nitrogens with zero attached hydrogens (tertiary/aromatic N) is 1. The molecule has 0 fully saturated rings. The van der Waals surface area contributed by atoms with Gasteiger partial charge in [0.05, 0.1) is 0 Å². The van der Waals surface area contributed by atoms with Gasteiger partial charge in [0.15, 0.2) is 0 Å². The van der Waals surface area contributed by atoms with Gasteiger partial charge in [0.2, 0.25) is 0 Å². The van der Waals surface area contributed by atoms with Crippen LogP contribution in [0.2, 0.25) is 0 Å². The monoisotopic (exact) mass is 476 g/mol. The van der Waals surface area contributed by atoms with E-state index in [9.17, 15) is 5.11 Å². The molecule has 0 saturated carbocycles. The maximum atomic E-state index is 9.77. The molecule has 1 aromatic rings. The van der Waals surface area contributed by atoms with Crippen LogP contribution in [-0.2, 0) is 5.75 Å². The molecule has 0 radical (unpaired) electrons. The molecule has 0 heterocycles. The second-order valence-electron chi connectivity index (χ2n) is 5.20. The zero-order chi connectivity index (χ0) is 26.9. The summed E-state index contributed by atoms with van der Waals surface area (Å²) in [5.74, 6) is 4.12. The number of aromatic hydroxyl groups is 1. The molecule has 0 aliphatic heterocycles. The lowest BCUT2D eigenvalue weighted by atomic mass is 10.1. The SMILES string of the molecule is C#CCC/C=C\C=C/C.C=C.CC.CC.CC.CCCN=C(N)c1cccc(O)c1CSC. The number of allylic oxidation sites excluding steroid dienone is 4. The first kappa shape index (κ1) is 40.9. The number of nitrogens with two attached hydrogens (primary N) is 1. The highest BCUT2D eigenvalue weighted by molar-refractivity contribution is 7.97. The molecule has 0 unspecified atom stereocenters. The molecule has 0 spiro atoms. The first-order chi connectivity index (χ1) is 16.1. The lowest BCUT2D eigenvalue weighted by Crippen LogP contribution is -2.16. The molecule has 3 nitrogen and oxygen atoms in total. The second kappa shape index (κ2) is 40.0. The highest BCUT2D eigenvalue weighted by Gasteiger charge is 2.09. The number of benzene rings is 1. The van der Waals surface area contributed by atoms with E-state index >= 15 is 0 Å². The molecule has 190 valence electrons. The van der Waals surface area contributed by atoms with Gasteiger partial charge in [0.25, 0.3) is 0 Å². The maximum absolute atomic E-state index is 9.77. The first-order valence-electron chi connectivity index (χ1n) is 11.9. The molecule has 3 N–H and O–H groups in total. The highest BCUT2D eigenvalue weighted by Crippen LogP contribution is 2.24. The third-order valence-corrected chi connectivity index (χ3v) is 3.69. The fraction of sp³-hybridized carbons (Fsp3) is 0.483. The van der Waals surface area contributed by atoms with Crippen LogP contribution in [0.5, 0.6) is 5.75 Å². The normalized spacial score (nSPS) is 9.27. The number of amidine groups is 1. The van der Waals surface area contributed by atoms with Gasteiger partial charge in [-0.2, -0.15) is 11.8 Å². The van der Waals surface area contributed by atoms with E-state index in [2.05, 4.69) is 37.1 Å². The van der Waals surface area contributed by atoms with Crippen molar-refractivity contribution in [2.45, 2.75) is 80.4 Å². The number of phenolic OH excluding ortho intramolecular Hbond substituents is 1. The molecule has 0 aliphatic carbocycles. The van der Waals surface area contributed by atoms with Gasteiger partial charge >= 0.3 is 0 Å². The van der Waals surface area contributed by atoms with Crippen molar-refractivity contribution in [1.29, 1.82) is 0 Å². The number of hydrogen-bond donors (Lipinski definition) is 2. The van der Waals surface area contributed by atoms with Crippen LogP contribution in [0, 0.1) is 12.3 Å². The number of terminal acetylenes is 1. The number of thioether (sulfide) groups is 1. The predicted octanol–water partition coefficient (Wildman–Crippen LogP) is 8.78. The maximum Gasteiger partial charge on any atom is 0.126 e. The number of unbranched alkanes of at least 4 members (excludes halogenated alkanes) is 1. The summed E-state index contributed by atoms with van der Waals surface area (Å²) >= 11 is 1.65. The van der Waals surface area contributed by atoms with E-state index in [0.717, 1.165) is 42.7 Å². The lowest BCUT2D eigenvalue weighted by Gasteiger charge is -2.09. The standard InChI is InChI=1S/C12H18N2OS.C9H12.3C2H6.C2H4/c1-3-7-14-12(13)9-5-4-6-11(15)10(9)8-16-2;1-3-5-7-9-8-6-4-2;4*1-2/h4-6,15H,3,7-8H2,1-2H3,(H2,13,14);1,4,6,8-9H,5,7H2,2H3;3*1-2H3;1-2H2/b;6-4-,9-8-;;;;. The van der Waals surface area contributed by atoms with Crippen molar-refractivity contribution in [3.05, 3.63) is 66.8 Å². The van der Waals surface area contributed by atoms with Gasteiger partial charge in [-0.1, -0.05) is 84.9 Å². The Hall–Kier alpha value is -2.38. The van der Waals surface area contributed by atoms with Crippen LogP contribution < -0.4 is 5.73 Å². The summed E-state index contributed by atoms with van der Waals surface area (Å²) in [7, 11) is 0. The van der Waals surface area contributed by atoms with Crippen molar-refractivity contribution in [3.8, 4) is 18.1 Å². The van der Waals surface area contributed by atoms with Crippen LogP contribution >= 0.6 is 11.8 Å². The smallest absolute Gasteiger partial charge is 0.126 e. The molecule has 1 rings (SSSR count). The molecule has 0 aliphatic rings. The molecule has 0 saturated heterocycles. The molecule has 4 heteroatoms. The van der Waals surface area contributed by atoms with Gasteiger partial charge in [0, 0.05) is 29.8 Å². The van der Waals surface area contributed by atoms with E-state index in [0.29, 0.717) is 11.6 Å². The van der Waals surface area contributed by atoms with E-state index in [1.807, 2.05) is 79.0 Å². The van der Waals surface area contributed by atoms with Gasteiger partial charge in [0.1, 0.15) is 11.6 Å². The van der Waals surface area contributed by atoms with Gasteiger partial charge in [-0.25, -0.2) is 0 Å². The van der Waals surface area contributed by atoms with Crippen molar-refractivity contribution in [2.24, 2.45) is 10.7 Å². The average molecular weight is 477 g/mol. The summed E-state index contributed by atoms with van der Waals surface area (Å²) in [5, 5.41) is 9.77. The van der Waals surface area contributed by atoms with E-state index in [1.165, 1.54) is 0 Å². The fourth-order valence-electron chi connectivity index (χ4n) is 1.88. The lowest BCUT2D eigenvalue weighted by molar-refractivity contribution is 0.470. The van der Waals surface area contributed by atoms with E-state index in [4.69, 9.17) is 12.2 Å². The molecule has 0 atom stereocenters. The summed E-state index contributed by atoms with van der Waals surface area (Å²) in [4.78, 5) is 4.27. The fourth-order valence-corrected chi connectivity index (χ4v) is 2.47. The van der Waals surface area contributed by atoms with Crippen LogP contribution in [0.3, 0.4) is 0 Å². The summed E-state index contributed by atoms with van der Waals surface area (Å²) in [6.45, 7) is 22.8. The van der Waals surface area contributed by atoms with Crippen molar-refractivity contribution < 1.29 is 5.11 Å². The third kappa shape index (κ3) is 27.6. The molecule has 0 bridgehead atoms. The average Bonchev–Trinajstić information content (AvgIpc) is 2.89. The number of hydrogen-bond acceptors (Lipinski definition) is 3. The molecule has 0 amide bonds. The second-order valence-corrected chi connectivity index (χ2v) is 6.07. The topological polar surface area (TPSA) is 58.6 Å². The number of phenols is 1. The molecular weight excluding hydrogens is 424 g/mol. The van der Waals surface area contributed by atoms with E-state index in [-0.39, 0.29) is 0 Å². The van der Waals surface area contributed by atoms with Crippen molar-refractivity contribution >= 4 is 17.6 Å². The van der Waals surface area contributed by atoms with Crippen LogP contribution in [0.15, 0.2) is 60.7 Å². The number of aliphatic imine (C=N–C) groups is 1. The Morgan fingerprint density at radius 2 is 1.73 bits per heavy atom. The molecule has 0 aromatic heterocycles. The minimum absolute atomic E-state index is 0.293. The van der Waals surface area contributed by atoms with Gasteiger partial charge in [-0.05, 0) is 32.1 Å². The van der Waals surface area contributed by atoms with E-state index in [1.54, 1.807) is 23.9 Å². The Morgan fingerprint density at radius 3 is 2.18 bits per heavy atom. The molecule has 1 aromatic carbocycles. The molecule has 33 heavy (non-hydrogen) atoms. The van der Waals surface area contributed by atoms with Crippen LogP contribution in [0.4, 0.5) is 0 Å². The summed E-state index contributed by atoms with van der Waals surface area (Å²) in [5.41, 5.74) is 7.63. The van der Waals surface area contributed by atoms with Crippen LogP contribution in [0.1, 0.15) is 85.8 Å². The minimum atomic E-state index is 0.293. The Morgan fingerprint density at radius 1 is 1.15 bits per heavy atom. The Balaban J connectivity index is -0.000000131. The quantitative estimate of drug-likeness (QED) is 0.0984. The Bertz CT molecular complexity index is 629. The summed E-state index contributed by atoms with van der Waals surface area (Å²) in [6.07, 6.45) is 17.9. The van der Waals surface area contributed by atoms with E-state index < -0.39 is 0 Å². The van der Waals surface area contributed by atoms with Gasteiger partial charge in [-0.15, -0.1) is 25.5 Å². The predicted molar refractivity (Wildman–Crippen MR) is 159 cm³/mol. The van der Waals surface area contributed by atoms with Crippen LogP contribution in [0.25, 0.3) is 0 Å². The number of rotatable bonds is 8. The van der Waals surface area contributed by atoms with Gasteiger partial charge in [-0.3, -0.25) is 4.99 Å². The zero-order valence-electron chi connectivity index (χ0n) is 22.9. The summed E-state index contributed by atoms with van der Waals surface area (Å²) in [6, 6.07) is 5.38. The van der Waals surface area contributed by atoms with Crippen molar-refractivity contribution in [2.75, 3.05) is 12.8 Å². The first-order valence-corrected chi connectivity index (χ1v) is 13.3.